The number of aromatic nitrogens is 2. The molecule has 0 aliphatic rings. The zero-order valence-corrected chi connectivity index (χ0v) is 12.1. The van der Waals surface area contributed by atoms with E-state index in [4.69, 9.17) is 22.7 Å². The van der Waals surface area contributed by atoms with Crippen LogP contribution in [0.25, 0.3) is 0 Å². The smallest absolute Gasteiger partial charge is 0.226 e. The molecule has 0 saturated heterocycles. The Hall–Kier alpha value is -1.27. The summed E-state index contributed by atoms with van der Waals surface area (Å²) in [5.74, 6) is 0.616. The molecule has 0 saturated carbocycles. The standard InChI is InChI=1S/C12H20N4OS/c1-8(2)17-6-5-16(4)12-14-9(3)7-10(15-12)11(13)18/h7-8H,5-6H2,1-4H3,(H2,13,18). The van der Waals surface area contributed by atoms with Crippen molar-refractivity contribution in [2.75, 3.05) is 25.1 Å². The molecular weight excluding hydrogens is 248 g/mol. The van der Waals surface area contributed by atoms with Gasteiger partial charge in [-0.3, -0.25) is 0 Å². The van der Waals surface area contributed by atoms with Gasteiger partial charge in [-0.1, -0.05) is 12.2 Å². The summed E-state index contributed by atoms with van der Waals surface area (Å²) in [6, 6.07) is 1.78. The number of nitrogens with two attached hydrogens (primary N) is 1. The van der Waals surface area contributed by atoms with Crippen molar-refractivity contribution in [1.29, 1.82) is 0 Å². The Kier molecular flexibility index (Phi) is 5.43. The van der Waals surface area contributed by atoms with E-state index in [1.165, 1.54) is 0 Å². The minimum atomic E-state index is 0.226. The molecule has 1 rings (SSSR count). The van der Waals surface area contributed by atoms with Crippen molar-refractivity contribution in [2.45, 2.75) is 26.9 Å². The van der Waals surface area contributed by atoms with E-state index in [2.05, 4.69) is 9.97 Å². The van der Waals surface area contributed by atoms with Crippen molar-refractivity contribution in [3.05, 3.63) is 17.5 Å². The van der Waals surface area contributed by atoms with Crippen LogP contribution < -0.4 is 10.6 Å². The molecule has 0 aromatic carbocycles. The minimum absolute atomic E-state index is 0.226. The van der Waals surface area contributed by atoms with Gasteiger partial charge in [0.25, 0.3) is 0 Å². The van der Waals surface area contributed by atoms with Crippen molar-refractivity contribution in [1.82, 2.24) is 9.97 Å². The number of likely N-dealkylation sites (N-methyl/N-ethyl adjacent to an activating group) is 1. The van der Waals surface area contributed by atoms with E-state index in [1.54, 1.807) is 6.07 Å². The molecule has 0 fully saturated rings. The third kappa shape index (κ3) is 4.54. The lowest BCUT2D eigenvalue weighted by atomic mass is 10.3. The number of ether oxygens (including phenoxy) is 1. The summed E-state index contributed by atoms with van der Waals surface area (Å²) in [4.78, 5) is 10.9. The fourth-order valence-electron chi connectivity index (χ4n) is 1.38. The number of nitrogens with zero attached hydrogens (tertiary/aromatic N) is 3. The summed E-state index contributed by atoms with van der Waals surface area (Å²) in [5.41, 5.74) is 7.04. The molecule has 2 N–H and O–H groups in total. The second kappa shape index (κ2) is 6.61. The number of thiocarbonyl (C=S) groups is 1. The summed E-state index contributed by atoms with van der Waals surface area (Å²) < 4.78 is 5.49. The Morgan fingerprint density at radius 3 is 2.72 bits per heavy atom. The molecule has 100 valence electrons. The molecule has 1 heterocycles. The summed E-state index contributed by atoms with van der Waals surface area (Å²) in [6.45, 7) is 7.26. The van der Waals surface area contributed by atoms with Crippen molar-refractivity contribution in [2.24, 2.45) is 5.73 Å². The highest BCUT2D eigenvalue weighted by Gasteiger charge is 2.09. The number of aryl methyl sites for hydroxylation is 1. The lowest BCUT2D eigenvalue weighted by molar-refractivity contribution is 0.0844. The van der Waals surface area contributed by atoms with Gasteiger partial charge in [0, 0.05) is 19.3 Å². The molecule has 0 radical (unpaired) electrons. The first-order valence-corrected chi connectivity index (χ1v) is 6.29. The molecule has 6 heteroatoms. The molecular formula is C12H20N4OS. The van der Waals surface area contributed by atoms with E-state index in [0.717, 1.165) is 12.2 Å². The second-order valence-corrected chi connectivity index (χ2v) is 4.84. The van der Waals surface area contributed by atoms with E-state index in [9.17, 15) is 0 Å². The Bertz CT molecular complexity index is 423. The number of hydrogen-bond donors (Lipinski definition) is 1. The average molecular weight is 268 g/mol. The third-order valence-electron chi connectivity index (χ3n) is 2.31. The van der Waals surface area contributed by atoms with Gasteiger partial charge in [0.15, 0.2) is 0 Å². The van der Waals surface area contributed by atoms with Gasteiger partial charge >= 0.3 is 0 Å². The van der Waals surface area contributed by atoms with Crippen LogP contribution in [0.5, 0.6) is 0 Å². The van der Waals surface area contributed by atoms with Gasteiger partial charge in [-0.15, -0.1) is 0 Å². The Morgan fingerprint density at radius 1 is 1.50 bits per heavy atom. The maximum atomic E-state index is 5.59. The molecule has 18 heavy (non-hydrogen) atoms. The Morgan fingerprint density at radius 2 is 2.17 bits per heavy atom. The van der Waals surface area contributed by atoms with Crippen molar-refractivity contribution >= 4 is 23.2 Å². The molecule has 0 aliphatic carbocycles. The fraction of sp³-hybridized carbons (Fsp3) is 0.583. The number of hydrogen-bond acceptors (Lipinski definition) is 5. The summed E-state index contributed by atoms with van der Waals surface area (Å²) in [6.07, 6.45) is 0.226. The van der Waals surface area contributed by atoms with Gasteiger partial charge in [0.05, 0.1) is 12.7 Å². The predicted octanol–water partition coefficient (Wildman–Crippen LogP) is 1.28. The van der Waals surface area contributed by atoms with E-state index in [-0.39, 0.29) is 11.1 Å². The highest BCUT2D eigenvalue weighted by Crippen LogP contribution is 2.08. The molecule has 1 aromatic heterocycles. The average Bonchev–Trinajstić information content (AvgIpc) is 2.27. The van der Waals surface area contributed by atoms with Crippen LogP contribution in [0.2, 0.25) is 0 Å². The maximum Gasteiger partial charge on any atom is 0.226 e. The first-order valence-electron chi connectivity index (χ1n) is 5.88. The first-order chi connectivity index (χ1) is 8.40. The van der Waals surface area contributed by atoms with Crippen LogP contribution in [0.1, 0.15) is 25.2 Å². The zero-order valence-electron chi connectivity index (χ0n) is 11.3. The van der Waals surface area contributed by atoms with E-state index >= 15 is 0 Å². The van der Waals surface area contributed by atoms with Crippen molar-refractivity contribution < 1.29 is 4.74 Å². The SMILES string of the molecule is Cc1cc(C(N)=S)nc(N(C)CCOC(C)C)n1. The Labute approximate surface area is 113 Å². The van der Waals surface area contributed by atoms with Crippen LogP contribution in [0, 0.1) is 6.92 Å². The lowest BCUT2D eigenvalue weighted by Crippen LogP contribution is -2.27. The molecule has 0 amide bonds. The van der Waals surface area contributed by atoms with Crippen LogP contribution in [0.15, 0.2) is 6.07 Å². The second-order valence-electron chi connectivity index (χ2n) is 4.40. The maximum absolute atomic E-state index is 5.59. The van der Waals surface area contributed by atoms with Crippen LogP contribution in [-0.2, 0) is 4.74 Å². The van der Waals surface area contributed by atoms with Crippen LogP contribution in [0.4, 0.5) is 5.95 Å². The van der Waals surface area contributed by atoms with E-state index in [1.807, 2.05) is 32.7 Å². The van der Waals surface area contributed by atoms with Crippen LogP contribution in [0.3, 0.4) is 0 Å². The zero-order chi connectivity index (χ0) is 13.7. The fourth-order valence-corrected chi connectivity index (χ4v) is 1.48. The van der Waals surface area contributed by atoms with Gasteiger partial charge < -0.3 is 15.4 Å². The molecule has 0 unspecified atom stereocenters. The third-order valence-corrected chi connectivity index (χ3v) is 2.52. The van der Waals surface area contributed by atoms with E-state index in [0.29, 0.717) is 18.2 Å². The van der Waals surface area contributed by atoms with Crippen LogP contribution >= 0.6 is 12.2 Å². The van der Waals surface area contributed by atoms with Gasteiger partial charge in [0.1, 0.15) is 10.7 Å². The van der Waals surface area contributed by atoms with Gasteiger partial charge in [0.2, 0.25) is 5.95 Å². The molecule has 0 atom stereocenters. The molecule has 1 aromatic rings. The lowest BCUT2D eigenvalue weighted by Gasteiger charge is -2.18. The molecule has 0 aliphatic heterocycles. The van der Waals surface area contributed by atoms with Crippen molar-refractivity contribution in [3.8, 4) is 0 Å². The van der Waals surface area contributed by atoms with E-state index < -0.39 is 0 Å². The van der Waals surface area contributed by atoms with Gasteiger partial charge in [-0.25, -0.2) is 9.97 Å². The largest absolute Gasteiger partial charge is 0.388 e. The number of rotatable bonds is 6. The highest BCUT2D eigenvalue weighted by atomic mass is 32.1. The van der Waals surface area contributed by atoms with Crippen molar-refractivity contribution in [3.63, 3.8) is 0 Å². The summed E-state index contributed by atoms with van der Waals surface area (Å²) in [7, 11) is 1.92. The number of anilines is 1. The molecule has 5 nitrogen and oxygen atoms in total. The normalized spacial score (nSPS) is 10.7. The summed E-state index contributed by atoms with van der Waals surface area (Å²) >= 11 is 4.93. The van der Waals surface area contributed by atoms with Gasteiger partial charge in [-0.2, -0.15) is 0 Å². The Balaban J connectivity index is 2.73. The monoisotopic (exact) mass is 268 g/mol. The topological polar surface area (TPSA) is 64.3 Å². The molecule has 0 bridgehead atoms. The van der Waals surface area contributed by atoms with Gasteiger partial charge in [-0.05, 0) is 26.8 Å². The van der Waals surface area contributed by atoms with Crippen LogP contribution in [-0.4, -0.2) is 41.3 Å². The quantitative estimate of drug-likeness (QED) is 0.784. The predicted molar refractivity (Wildman–Crippen MR) is 77.0 cm³/mol. The molecule has 0 spiro atoms. The highest BCUT2D eigenvalue weighted by molar-refractivity contribution is 7.80. The summed E-state index contributed by atoms with van der Waals surface area (Å²) in [5, 5.41) is 0. The minimum Gasteiger partial charge on any atom is -0.388 e. The first kappa shape index (κ1) is 14.8.